The highest BCUT2D eigenvalue weighted by Gasteiger charge is 2.36. The Labute approximate surface area is 178 Å². The number of hydrogen-bond acceptors (Lipinski definition) is 6. The number of para-hydroxylation sites is 2. The highest BCUT2D eigenvalue weighted by atomic mass is 16.5. The van der Waals surface area contributed by atoms with Crippen LogP contribution < -0.4 is 14.4 Å². The van der Waals surface area contributed by atoms with Crippen LogP contribution in [-0.2, 0) is 4.74 Å². The van der Waals surface area contributed by atoms with Gasteiger partial charge in [0, 0.05) is 6.61 Å². The summed E-state index contributed by atoms with van der Waals surface area (Å²) in [7, 11) is 1.67. The molecule has 1 saturated heterocycles. The summed E-state index contributed by atoms with van der Waals surface area (Å²) in [6.45, 7) is 3.27. The molecular weight excluding hydrogens is 382 g/mol. The normalized spacial score (nSPS) is 18.4. The van der Waals surface area contributed by atoms with Gasteiger partial charge in [-0.15, -0.1) is 0 Å². The van der Waals surface area contributed by atoms with Gasteiger partial charge >= 0.3 is 0 Å². The SMILES string of the molecule is CCCCCOC1CC[C@@H](COc2cccc(O)c2C=O)N1c1ccccc1OC. The van der Waals surface area contributed by atoms with Gasteiger partial charge in [-0.2, -0.15) is 0 Å². The number of carbonyl (C=O) groups excluding carboxylic acids is 1. The molecule has 1 aliphatic rings. The number of phenols is 1. The molecule has 6 nitrogen and oxygen atoms in total. The van der Waals surface area contributed by atoms with Gasteiger partial charge in [0.05, 0.1) is 24.4 Å². The second-order valence-corrected chi connectivity index (χ2v) is 7.46. The second kappa shape index (κ2) is 10.9. The molecule has 2 aromatic carbocycles. The fourth-order valence-electron chi connectivity index (χ4n) is 3.90. The fraction of sp³-hybridized carbons (Fsp3) is 0.458. The Morgan fingerprint density at radius 3 is 2.67 bits per heavy atom. The predicted octanol–water partition coefficient (Wildman–Crippen LogP) is 4.79. The molecule has 2 atom stereocenters. The van der Waals surface area contributed by atoms with Crippen molar-refractivity contribution in [3.8, 4) is 17.2 Å². The van der Waals surface area contributed by atoms with Gasteiger partial charge in [0.15, 0.2) is 6.29 Å². The number of aldehydes is 1. The Bertz CT molecular complexity index is 825. The lowest BCUT2D eigenvalue weighted by Crippen LogP contribution is -2.41. The highest BCUT2D eigenvalue weighted by molar-refractivity contribution is 5.83. The molecule has 1 fully saturated rings. The summed E-state index contributed by atoms with van der Waals surface area (Å²) in [4.78, 5) is 13.6. The monoisotopic (exact) mass is 413 g/mol. The van der Waals surface area contributed by atoms with Gasteiger partial charge in [0.2, 0.25) is 0 Å². The van der Waals surface area contributed by atoms with E-state index in [0.29, 0.717) is 18.6 Å². The van der Waals surface area contributed by atoms with Crippen molar-refractivity contribution < 1.29 is 24.1 Å². The van der Waals surface area contributed by atoms with Crippen molar-refractivity contribution in [1.82, 2.24) is 0 Å². The first-order valence-corrected chi connectivity index (χ1v) is 10.6. The Morgan fingerprint density at radius 2 is 1.90 bits per heavy atom. The van der Waals surface area contributed by atoms with E-state index in [-0.39, 0.29) is 23.6 Å². The minimum Gasteiger partial charge on any atom is -0.507 e. The van der Waals surface area contributed by atoms with E-state index in [4.69, 9.17) is 14.2 Å². The number of ether oxygens (including phenoxy) is 3. The third-order valence-electron chi connectivity index (χ3n) is 5.46. The third kappa shape index (κ3) is 5.05. The van der Waals surface area contributed by atoms with Crippen LogP contribution in [0.1, 0.15) is 49.4 Å². The van der Waals surface area contributed by atoms with Gasteiger partial charge in [0.25, 0.3) is 0 Å². The van der Waals surface area contributed by atoms with Crippen molar-refractivity contribution in [2.45, 2.75) is 51.3 Å². The Morgan fingerprint density at radius 1 is 1.10 bits per heavy atom. The van der Waals surface area contributed by atoms with E-state index in [1.807, 2.05) is 24.3 Å². The molecule has 0 radical (unpaired) electrons. The van der Waals surface area contributed by atoms with Crippen molar-refractivity contribution in [2.75, 3.05) is 25.2 Å². The van der Waals surface area contributed by atoms with Gasteiger partial charge in [-0.3, -0.25) is 4.79 Å². The molecule has 0 bridgehead atoms. The molecule has 1 heterocycles. The van der Waals surface area contributed by atoms with Crippen LogP contribution >= 0.6 is 0 Å². The first-order valence-electron chi connectivity index (χ1n) is 10.6. The highest BCUT2D eigenvalue weighted by Crippen LogP contribution is 2.38. The lowest BCUT2D eigenvalue weighted by molar-refractivity contribution is 0.0550. The summed E-state index contributed by atoms with van der Waals surface area (Å²) < 4.78 is 17.8. The van der Waals surface area contributed by atoms with E-state index in [0.717, 1.165) is 50.1 Å². The molecule has 6 heteroatoms. The molecule has 0 saturated carbocycles. The van der Waals surface area contributed by atoms with Crippen LogP contribution in [0.3, 0.4) is 0 Å². The molecule has 1 unspecified atom stereocenters. The molecule has 0 amide bonds. The first kappa shape index (κ1) is 22.0. The van der Waals surface area contributed by atoms with Gasteiger partial charge in [0.1, 0.15) is 30.1 Å². The molecule has 0 aliphatic carbocycles. The average molecular weight is 414 g/mol. The van der Waals surface area contributed by atoms with E-state index in [9.17, 15) is 9.90 Å². The molecule has 0 spiro atoms. The minimum absolute atomic E-state index is 0.0542. The maximum Gasteiger partial charge on any atom is 0.157 e. The number of methoxy groups -OCH3 is 1. The number of unbranched alkanes of at least 4 members (excludes halogenated alkanes) is 2. The van der Waals surface area contributed by atoms with Crippen molar-refractivity contribution in [3.05, 3.63) is 48.0 Å². The zero-order valence-electron chi connectivity index (χ0n) is 17.8. The number of nitrogens with zero attached hydrogens (tertiary/aromatic N) is 1. The smallest absolute Gasteiger partial charge is 0.157 e. The molecular formula is C24H31NO5. The zero-order valence-corrected chi connectivity index (χ0v) is 17.8. The quantitative estimate of drug-likeness (QED) is 0.422. The molecule has 0 aromatic heterocycles. The molecule has 3 rings (SSSR count). The van der Waals surface area contributed by atoms with Gasteiger partial charge in [-0.1, -0.05) is 38.0 Å². The van der Waals surface area contributed by atoms with E-state index in [2.05, 4.69) is 11.8 Å². The number of aromatic hydroxyl groups is 1. The van der Waals surface area contributed by atoms with Crippen molar-refractivity contribution >= 4 is 12.0 Å². The van der Waals surface area contributed by atoms with Crippen LogP contribution in [0.5, 0.6) is 17.2 Å². The summed E-state index contributed by atoms with van der Waals surface area (Å²) in [6.07, 6.45) is 5.70. The molecule has 2 aromatic rings. The Hall–Kier alpha value is -2.73. The van der Waals surface area contributed by atoms with Gasteiger partial charge < -0.3 is 24.2 Å². The van der Waals surface area contributed by atoms with E-state index < -0.39 is 0 Å². The van der Waals surface area contributed by atoms with Crippen LogP contribution in [-0.4, -0.2) is 44.0 Å². The largest absolute Gasteiger partial charge is 0.507 e. The Balaban J connectivity index is 1.78. The number of anilines is 1. The van der Waals surface area contributed by atoms with E-state index in [1.165, 1.54) is 6.07 Å². The number of hydrogen-bond donors (Lipinski definition) is 1. The van der Waals surface area contributed by atoms with E-state index >= 15 is 0 Å². The Kier molecular flexibility index (Phi) is 7.97. The van der Waals surface area contributed by atoms with Crippen LogP contribution in [0.2, 0.25) is 0 Å². The predicted molar refractivity (Wildman–Crippen MR) is 117 cm³/mol. The van der Waals surface area contributed by atoms with Crippen LogP contribution in [0, 0.1) is 0 Å². The van der Waals surface area contributed by atoms with Crippen molar-refractivity contribution in [1.29, 1.82) is 0 Å². The summed E-state index contributed by atoms with van der Waals surface area (Å²) in [6, 6.07) is 12.8. The average Bonchev–Trinajstić information content (AvgIpc) is 3.17. The topological polar surface area (TPSA) is 68.2 Å². The number of rotatable bonds is 11. The minimum atomic E-state index is -0.0763. The molecule has 162 valence electrons. The summed E-state index contributed by atoms with van der Waals surface area (Å²) in [5.74, 6) is 1.10. The van der Waals surface area contributed by atoms with Crippen molar-refractivity contribution in [2.24, 2.45) is 0 Å². The zero-order chi connectivity index (χ0) is 21.3. The standard InChI is InChI=1S/C24H31NO5/c1-3-4-7-15-29-24-14-13-18(25(24)20-9-5-6-11-23(20)28-2)17-30-22-12-8-10-21(27)19(22)16-26/h5-6,8-12,16,18,24,27H,3-4,7,13-15,17H2,1-2H3/t18-,24?/m0/s1. The van der Waals surface area contributed by atoms with Gasteiger partial charge in [-0.05, 0) is 43.5 Å². The second-order valence-electron chi connectivity index (χ2n) is 7.46. The molecule has 30 heavy (non-hydrogen) atoms. The summed E-state index contributed by atoms with van der Waals surface area (Å²) in [5, 5.41) is 9.91. The lowest BCUT2D eigenvalue weighted by atomic mass is 10.2. The number of phenolic OH excluding ortho intramolecular Hbond substituents is 1. The summed E-state index contributed by atoms with van der Waals surface area (Å²) in [5.41, 5.74) is 1.14. The summed E-state index contributed by atoms with van der Waals surface area (Å²) >= 11 is 0. The van der Waals surface area contributed by atoms with Crippen LogP contribution in [0.4, 0.5) is 5.69 Å². The third-order valence-corrected chi connectivity index (χ3v) is 5.46. The van der Waals surface area contributed by atoms with Crippen molar-refractivity contribution in [3.63, 3.8) is 0 Å². The molecule has 1 aliphatic heterocycles. The first-order chi connectivity index (χ1) is 14.7. The maximum atomic E-state index is 11.4. The van der Waals surface area contributed by atoms with E-state index in [1.54, 1.807) is 19.2 Å². The van der Waals surface area contributed by atoms with Gasteiger partial charge in [-0.25, -0.2) is 0 Å². The lowest BCUT2D eigenvalue weighted by Gasteiger charge is -2.33. The molecule has 1 N–H and O–H groups in total. The number of benzene rings is 2. The fourth-order valence-corrected chi connectivity index (χ4v) is 3.90. The number of carbonyl (C=O) groups is 1. The van der Waals surface area contributed by atoms with Crippen LogP contribution in [0.25, 0.3) is 0 Å². The maximum absolute atomic E-state index is 11.4. The van der Waals surface area contributed by atoms with Crippen LogP contribution in [0.15, 0.2) is 42.5 Å².